The molecule has 10 heteroatoms. The standard InChI is InChI=1S/C25H17Cl3INO3S2/c1-2-32-21-10-14(9-20(29)23(21)33-13-15-5-3-4-6-17(15)26)11-22-24(31)30(25(34)35-22)16-7-8-18(27)19(28)12-16/h3-12H,2,13H2,1H3/b22-11-. The van der Waals surface area contributed by atoms with Gasteiger partial charge in [0, 0.05) is 10.6 Å². The Morgan fingerprint density at radius 3 is 2.51 bits per heavy atom. The third-order valence-electron chi connectivity index (χ3n) is 4.91. The Labute approximate surface area is 241 Å². The molecule has 4 nitrogen and oxygen atoms in total. The molecule has 0 N–H and O–H groups in total. The molecule has 1 aliphatic heterocycles. The van der Waals surface area contributed by atoms with E-state index in [2.05, 4.69) is 22.6 Å². The summed E-state index contributed by atoms with van der Waals surface area (Å²) in [6.07, 6.45) is 1.79. The van der Waals surface area contributed by atoms with Crippen LogP contribution in [0.1, 0.15) is 18.1 Å². The predicted octanol–water partition coefficient (Wildman–Crippen LogP) is 8.63. The Morgan fingerprint density at radius 1 is 1.03 bits per heavy atom. The van der Waals surface area contributed by atoms with E-state index in [4.69, 9.17) is 56.5 Å². The van der Waals surface area contributed by atoms with Crippen LogP contribution < -0.4 is 14.4 Å². The summed E-state index contributed by atoms with van der Waals surface area (Å²) in [4.78, 5) is 15.1. The van der Waals surface area contributed by atoms with E-state index in [1.54, 1.807) is 24.3 Å². The summed E-state index contributed by atoms with van der Waals surface area (Å²) in [5.74, 6) is 0.968. The van der Waals surface area contributed by atoms with Gasteiger partial charge in [0.2, 0.25) is 0 Å². The first-order valence-electron chi connectivity index (χ1n) is 10.3. The average Bonchev–Trinajstić information content (AvgIpc) is 3.09. The van der Waals surface area contributed by atoms with Crippen LogP contribution in [0.4, 0.5) is 5.69 Å². The van der Waals surface area contributed by atoms with Gasteiger partial charge in [0.1, 0.15) is 6.61 Å². The maximum Gasteiger partial charge on any atom is 0.270 e. The minimum Gasteiger partial charge on any atom is -0.490 e. The van der Waals surface area contributed by atoms with Crippen molar-refractivity contribution in [2.24, 2.45) is 0 Å². The zero-order chi connectivity index (χ0) is 25.1. The zero-order valence-electron chi connectivity index (χ0n) is 18.2. The highest BCUT2D eigenvalue weighted by molar-refractivity contribution is 14.1. The van der Waals surface area contributed by atoms with Gasteiger partial charge >= 0.3 is 0 Å². The molecule has 1 amide bonds. The van der Waals surface area contributed by atoms with Gasteiger partial charge in [0.25, 0.3) is 5.91 Å². The molecule has 3 aromatic rings. The summed E-state index contributed by atoms with van der Waals surface area (Å²) >= 11 is 27.3. The van der Waals surface area contributed by atoms with Crippen molar-refractivity contribution in [3.8, 4) is 11.5 Å². The molecule has 3 aromatic carbocycles. The first kappa shape index (κ1) is 26.6. The molecular weight excluding hydrogens is 660 g/mol. The Hall–Kier alpha value is -1.49. The molecule has 1 heterocycles. The number of hydrogen-bond acceptors (Lipinski definition) is 5. The average molecular weight is 677 g/mol. The van der Waals surface area contributed by atoms with Crippen molar-refractivity contribution in [1.29, 1.82) is 0 Å². The van der Waals surface area contributed by atoms with Crippen LogP contribution in [0.25, 0.3) is 6.08 Å². The van der Waals surface area contributed by atoms with Crippen molar-refractivity contribution in [1.82, 2.24) is 0 Å². The van der Waals surface area contributed by atoms with E-state index in [9.17, 15) is 4.79 Å². The highest BCUT2D eigenvalue weighted by atomic mass is 127. The molecule has 1 fully saturated rings. The molecule has 0 radical (unpaired) electrons. The van der Waals surface area contributed by atoms with Crippen molar-refractivity contribution in [3.63, 3.8) is 0 Å². The Morgan fingerprint density at radius 2 is 1.80 bits per heavy atom. The van der Waals surface area contributed by atoms with Crippen molar-refractivity contribution in [2.45, 2.75) is 13.5 Å². The third-order valence-corrected chi connectivity index (χ3v) is 8.13. The SMILES string of the molecule is CCOc1cc(/C=C2\SC(=S)N(c3ccc(Cl)c(Cl)c3)C2=O)cc(I)c1OCc1ccccc1Cl. The van der Waals surface area contributed by atoms with Crippen LogP contribution >= 0.6 is 81.4 Å². The largest absolute Gasteiger partial charge is 0.490 e. The van der Waals surface area contributed by atoms with Gasteiger partial charge in [-0.1, -0.05) is 77.0 Å². The highest BCUT2D eigenvalue weighted by Crippen LogP contribution is 2.40. The first-order chi connectivity index (χ1) is 16.8. The number of carbonyl (C=O) groups excluding carboxylic acids is 1. The normalized spacial score (nSPS) is 14.7. The van der Waals surface area contributed by atoms with Crippen molar-refractivity contribution < 1.29 is 14.3 Å². The molecule has 1 saturated heterocycles. The second-order valence-electron chi connectivity index (χ2n) is 7.26. The molecule has 0 aliphatic carbocycles. The predicted molar refractivity (Wildman–Crippen MR) is 158 cm³/mol. The van der Waals surface area contributed by atoms with Crippen LogP contribution in [-0.4, -0.2) is 16.8 Å². The van der Waals surface area contributed by atoms with Crippen molar-refractivity contribution in [3.05, 3.63) is 89.3 Å². The third kappa shape index (κ3) is 6.09. The minimum absolute atomic E-state index is 0.231. The lowest BCUT2D eigenvalue weighted by Crippen LogP contribution is -2.27. The molecule has 0 atom stereocenters. The molecule has 0 saturated carbocycles. The molecular formula is C25H17Cl3INO3S2. The Balaban J connectivity index is 1.61. The maximum absolute atomic E-state index is 13.2. The van der Waals surface area contributed by atoms with E-state index in [0.717, 1.165) is 14.7 Å². The van der Waals surface area contributed by atoms with Crippen LogP contribution in [0, 0.1) is 3.57 Å². The number of ether oxygens (including phenoxy) is 2. The van der Waals surface area contributed by atoms with E-state index in [1.807, 2.05) is 43.3 Å². The fraction of sp³-hybridized carbons (Fsp3) is 0.120. The Kier molecular flexibility index (Phi) is 8.89. The van der Waals surface area contributed by atoms with E-state index < -0.39 is 0 Å². The number of hydrogen-bond donors (Lipinski definition) is 0. The van der Waals surface area contributed by atoms with Gasteiger partial charge in [-0.05, 0) is 77.6 Å². The molecule has 0 spiro atoms. The number of benzene rings is 3. The molecule has 180 valence electrons. The number of anilines is 1. The van der Waals surface area contributed by atoms with Gasteiger partial charge in [0.15, 0.2) is 15.8 Å². The maximum atomic E-state index is 13.2. The van der Waals surface area contributed by atoms with Gasteiger partial charge in [0.05, 0.1) is 30.8 Å². The highest BCUT2D eigenvalue weighted by Gasteiger charge is 2.33. The molecule has 0 aromatic heterocycles. The fourth-order valence-corrected chi connectivity index (χ4v) is 5.87. The van der Waals surface area contributed by atoms with Crippen molar-refractivity contribution >= 4 is 103 Å². The quantitative estimate of drug-likeness (QED) is 0.142. The van der Waals surface area contributed by atoms with E-state index in [-0.39, 0.29) is 5.91 Å². The summed E-state index contributed by atoms with van der Waals surface area (Å²) in [5, 5.41) is 1.40. The van der Waals surface area contributed by atoms with E-state index in [1.165, 1.54) is 16.7 Å². The second kappa shape index (κ2) is 11.7. The van der Waals surface area contributed by atoms with Gasteiger partial charge in [-0.2, -0.15) is 0 Å². The van der Waals surface area contributed by atoms with Gasteiger partial charge in [-0.15, -0.1) is 0 Å². The van der Waals surface area contributed by atoms with Crippen LogP contribution in [0.5, 0.6) is 11.5 Å². The van der Waals surface area contributed by atoms with Crippen LogP contribution in [0.15, 0.2) is 59.5 Å². The number of nitrogens with zero attached hydrogens (tertiary/aromatic N) is 1. The summed E-state index contributed by atoms with van der Waals surface area (Å²) < 4.78 is 13.2. The van der Waals surface area contributed by atoms with E-state index in [0.29, 0.717) is 54.7 Å². The molecule has 1 aliphatic rings. The summed E-state index contributed by atoms with van der Waals surface area (Å²) in [6.45, 7) is 2.67. The fourth-order valence-electron chi connectivity index (χ4n) is 3.31. The first-order valence-corrected chi connectivity index (χ1v) is 13.8. The van der Waals surface area contributed by atoms with Gasteiger partial charge in [-0.25, -0.2) is 0 Å². The lowest BCUT2D eigenvalue weighted by atomic mass is 10.1. The number of halogens is 4. The zero-order valence-corrected chi connectivity index (χ0v) is 24.2. The number of thiocarbonyl (C=S) groups is 1. The lowest BCUT2D eigenvalue weighted by Gasteiger charge is -2.16. The molecule has 0 bridgehead atoms. The summed E-state index contributed by atoms with van der Waals surface area (Å²) in [7, 11) is 0. The molecule has 0 unspecified atom stereocenters. The lowest BCUT2D eigenvalue weighted by molar-refractivity contribution is -0.113. The number of rotatable bonds is 7. The van der Waals surface area contributed by atoms with Gasteiger partial charge < -0.3 is 9.47 Å². The Bertz CT molecular complexity index is 1350. The monoisotopic (exact) mass is 675 g/mol. The van der Waals surface area contributed by atoms with Crippen molar-refractivity contribution in [2.75, 3.05) is 11.5 Å². The smallest absolute Gasteiger partial charge is 0.270 e. The minimum atomic E-state index is -0.231. The summed E-state index contributed by atoms with van der Waals surface area (Å²) in [6, 6.07) is 16.3. The number of carbonyl (C=O) groups is 1. The van der Waals surface area contributed by atoms with E-state index >= 15 is 0 Å². The van der Waals surface area contributed by atoms with Gasteiger partial charge in [-0.3, -0.25) is 9.69 Å². The molecule has 35 heavy (non-hydrogen) atoms. The number of thioether (sulfide) groups is 1. The molecule has 4 rings (SSSR count). The summed E-state index contributed by atoms with van der Waals surface area (Å²) in [5.41, 5.74) is 2.23. The second-order valence-corrected chi connectivity index (χ2v) is 11.3. The van der Waals surface area contributed by atoms with Crippen LogP contribution in [-0.2, 0) is 11.4 Å². The number of amides is 1. The topological polar surface area (TPSA) is 38.8 Å². The van der Waals surface area contributed by atoms with Crippen LogP contribution in [0.3, 0.4) is 0 Å². The van der Waals surface area contributed by atoms with Crippen LogP contribution in [0.2, 0.25) is 15.1 Å².